The van der Waals surface area contributed by atoms with Crippen LogP contribution in [0.2, 0.25) is 4.34 Å². The van der Waals surface area contributed by atoms with Gasteiger partial charge >= 0.3 is 0 Å². The summed E-state index contributed by atoms with van der Waals surface area (Å²) in [5, 5.41) is 2.90. The van der Waals surface area contributed by atoms with Gasteiger partial charge < -0.3 is 10.2 Å². The van der Waals surface area contributed by atoms with Crippen molar-refractivity contribution in [2.45, 2.75) is 11.1 Å². The molecular weight excluding hydrogens is 394 g/mol. The fourth-order valence-electron chi connectivity index (χ4n) is 2.94. The molecule has 6 nitrogen and oxygen atoms in total. The number of benzene rings is 1. The van der Waals surface area contributed by atoms with Crippen molar-refractivity contribution in [3.63, 3.8) is 0 Å². The van der Waals surface area contributed by atoms with Gasteiger partial charge in [-0.2, -0.15) is 4.31 Å². The van der Waals surface area contributed by atoms with Crippen LogP contribution in [0.15, 0.2) is 40.6 Å². The fourth-order valence-corrected chi connectivity index (χ4v) is 6.02. The minimum Gasteiger partial charge on any atom is -0.325 e. The summed E-state index contributed by atoms with van der Waals surface area (Å²) in [5.41, 5.74) is 1.87. The third kappa shape index (κ3) is 4.63. The first-order valence-electron chi connectivity index (χ1n) is 8.30. The van der Waals surface area contributed by atoms with Gasteiger partial charge in [-0.05, 0) is 36.8 Å². The normalized spacial score (nSPS) is 16.5. The predicted octanol–water partition coefficient (Wildman–Crippen LogP) is 1.24. The molecule has 0 aliphatic carbocycles. The van der Waals surface area contributed by atoms with Crippen molar-refractivity contribution in [2.24, 2.45) is 0 Å². The van der Waals surface area contributed by atoms with E-state index in [0.29, 0.717) is 37.1 Å². The standard InChI is InChI=1S/C17H20ClN3O3S2/c1-13-3-2-4-14(11-13)19-16(22)12-20-7-9-21(10-8-20)26(23,24)17-6-5-15(18)25-17/h2-6,11H,7-10,12H2,1H3,(H,19,22)/p+1. The number of thiophene rings is 1. The summed E-state index contributed by atoms with van der Waals surface area (Å²) in [6, 6.07) is 10.8. The molecule has 26 heavy (non-hydrogen) atoms. The van der Waals surface area contributed by atoms with Crippen LogP contribution in [-0.2, 0) is 14.8 Å². The van der Waals surface area contributed by atoms with E-state index in [-0.39, 0.29) is 10.1 Å². The zero-order valence-electron chi connectivity index (χ0n) is 14.4. The molecule has 0 unspecified atom stereocenters. The lowest BCUT2D eigenvalue weighted by Gasteiger charge is -2.30. The molecule has 1 aromatic carbocycles. The number of quaternary nitrogens is 1. The average molecular weight is 415 g/mol. The number of amides is 1. The number of halogens is 1. The van der Waals surface area contributed by atoms with E-state index in [1.165, 1.54) is 10.4 Å². The summed E-state index contributed by atoms with van der Waals surface area (Å²) in [4.78, 5) is 13.3. The summed E-state index contributed by atoms with van der Waals surface area (Å²) in [6.45, 7) is 4.28. The second-order valence-electron chi connectivity index (χ2n) is 6.31. The molecule has 0 spiro atoms. The highest BCUT2D eigenvalue weighted by Gasteiger charge is 2.32. The highest BCUT2D eigenvalue weighted by molar-refractivity contribution is 7.91. The number of hydrogen-bond acceptors (Lipinski definition) is 4. The monoisotopic (exact) mass is 414 g/mol. The number of carbonyl (C=O) groups is 1. The van der Waals surface area contributed by atoms with Gasteiger partial charge in [-0.3, -0.25) is 4.79 Å². The first-order valence-corrected chi connectivity index (χ1v) is 10.9. The van der Waals surface area contributed by atoms with E-state index >= 15 is 0 Å². The molecule has 1 aliphatic rings. The van der Waals surface area contributed by atoms with Crippen LogP contribution in [0.1, 0.15) is 5.56 Å². The van der Waals surface area contributed by atoms with E-state index < -0.39 is 10.0 Å². The van der Waals surface area contributed by atoms with Gasteiger partial charge in [0.25, 0.3) is 15.9 Å². The number of sulfonamides is 1. The second-order valence-corrected chi connectivity index (χ2v) is 10.2. The maximum Gasteiger partial charge on any atom is 0.279 e. The summed E-state index contributed by atoms with van der Waals surface area (Å²) in [6.07, 6.45) is 0. The van der Waals surface area contributed by atoms with E-state index in [0.717, 1.165) is 27.5 Å². The molecule has 1 fully saturated rings. The third-order valence-electron chi connectivity index (χ3n) is 4.28. The number of anilines is 1. The van der Waals surface area contributed by atoms with Gasteiger partial charge in [-0.15, -0.1) is 11.3 Å². The smallest absolute Gasteiger partial charge is 0.279 e. The zero-order chi connectivity index (χ0) is 18.7. The van der Waals surface area contributed by atoms with E-state index in [1.807, 2.05) is 31.2 Å². The van der Waals surface area contributed by atoms with Gasteiger partial charge in [0.1, 0.15) is 4.21 Å². The SMILES string of the molecule is Cc1cccc(NC(=O)C[NH+]2CCN(S(=O)(=O)c3ccc(Cl)s3)CC2)c1. The molecular formula is C17H21ClN3O3S2+. The topological polar surface area (TPSA) is 70.9 Å². The van der Waals surface area contributed by atoms with Crippen molar-refractivity contribution in [1.82, 2.24) is 4.31 Å². The Balaban J connectivity index is 1.53. The fraction of sp³-hybridized carbons (Fsp3) is 0.353. The van der Waals surface area contributed by atoms with Crippen molar-refractivity contribution >= 4 is 44.6 Å². The maximum atomic E-state index is 12.6. The number of carbonyl (C=O) groups excluding carboxylic acids is 1. The van der Waals surface area contributed by atoms with Crippen LogP contribution in [0.25, 0.3) is 0 Å². The minimum absolute atomic E-state index is 0.0630. The Morgan fingerprint density at radius 1 is 1.27 bits per heavy atom. The van der Waals surface area contributed by atoms with Crippen molar-refractivity contribution in [1.29, 1.82) is 0 Å². The number of aryl methyl sites for hydroxylation is 1. The Hall–Kier alpha value is -1.45. The Kier molecular flexibility index (Phi) is 5.99. The van der Waals surface area contributed by atoms with Crippen molar-refractivity contribution < 1.29 is 18.1 Å². The van der Waals surface area contributed by atoms with Crippen molar-refractivity contribution in [3.05, 3.63) is 46.3 Å². The number of rotatable bonds is 5. The molecule has 140 valence electrons. The Morgan fingerprint density at radius 3 is 2.62 bits per heavy atom. The van der Waals surface area contributed by atoms with E-state index in [9.17, 15) is 13.2 Å². The van der Waals surface area contributed by atoms with E-state index in [4.69, 9.17) is 11.6 Å². The molecule has 3 rings (SSSR count). The number of nitrogens with zero attached hydrogens (tertiary/aromatic N) is 1. The van der Waals surface area contributed by atoms with Crippen LogP contribution < -0.4 is 10.2 Å². The minimum atomic E-state index is -3.49. The highest BCUT2D eigenvalue weighted by Crippen LogP contribution is 2.27. The molecule has 1 amide bonds. The molecule has 1 saturated heterocycles. The lowest BCUT2D eigenvalue weighted by Crippen LogP contribution is -3.15. The van der Waals surface area contributed by atoms with Crippen LogP contribution in [0, 0.1) is 6.92 Å². The molecule has 2 aromatic rings. The molecule has 1 aliphatic heterocycles. The zero-order valence-corrected chi connectivity index (χ0v) is 16.8. The number of nitrogens with one attached hydrogen (secondary N) is 2. The summed E-state index contributed by atoms with van der Waals surface area (Å²) in [5.74, 6) is -0.0630. The van der Waals surface area contributed by atoms with Crippen molar-refractivity contribution in [3.8, 4) is 0 Å². The number of piperazine rings is 1. The van der Waals surface area contributed by atoms with Crippen molar-refractivity contribution in [2.75, 3.05) is 38.0 Å². The van der Waals surface area contributed by atoms with Gasteiger partial charge in [-0.25, -0.2) is 8.42 Å². The first-order chi connectivity index (χ1) is 12.3. The quantitative estimate of drug-likeness (QED) is 0.773. The molecule has 0 bridgehead atoms. The maximum absolute atomic E-state index is 12.6. The van der Waals surface area contributed by atoms with Crippen LogP contribution in [-0.4, -0.2) is 51.4 Å². The Labute approximate surface area is 162 Å². The molecule has 0 radical (unpaired) electrons. The van der Waals surface area contributed by atoms with Crippen LogP contribution in [0.5, 0.6) is 0 Å². The van der Waals surface area contributed by atoms with Gasteiger partial charge in [-0.1, -0.05) is 23.7 Å². The Bertz CT molecular complexity index is 890. The molecule has 2 heterocycles. The Morgan fingerprint density at radius 2 is 2.00 bits per heavy atom. The van der Waals surface area contributed by atoms with Gasteiger partial charge in [0.2, 0.25) is 0 Å². The third-order valence-corrected chi connectivity index (χ3v) is 7.88. The summed E-state index contributed by atoms with van der Waals surface area (Å²) >= 11 is 6.92. The van der Waals surface area contributed by atoms with Crippen LogP contribution in [0.3, 0.4) is 0 Å². The lowest BCUT2D eigenvalue weighted by molar-refractivity contribution is -0.895. The largest absolute Gasteiger partial charge is 0.325 e. The van der Waals surface area contributed by atoms with Crippen LogP contribution >= 0.6 is 22.9 Å². The first kappa shape index (κ1) is 19.3. The molecule has 9 heteroatoms. The predicted molar refractivity (Wildman–Crippen MR) is 103 cm³/mol. The van der Waals surface area contributed by atoms with Gasteiger partial charge in [0.05, 0.1) is 30.5 Å². The van der Waals surface area contributed by atoms with E-state index in [1.54, 1.807) is 6.07 Å². The van der Waals surface area contributed by atoms with E-state index in [2.05, 4.69) is 5.32 Å². The molecule has 2 N–H and O–H groups in total. The number of hydrogen-bond donors (Lipinski definition) is 2. The molecule has 1 aromatic heterocycles. The summed E-state index contributed by atoms with van der Waals surface area (Å²) in [7, 11) is -3.49. The molecule has 0 saturated carbocycles. The highest BCUT2D eigenvalue weighted by atomic mass is 35.5. The van der Waals surface area contributed by atoms with Gasteiger partial charge in [0.15, 0.2) is 6.54 Å². The van der Waals surface area contributed by atoms with Crippen LogP contribution in [0.4, 0.5) is 5.69 Å². The van der Waals surface area contributed by atoms with Gasteiger partial charge in [0, 0.05) is 5.69 Å². The summed E-state index contributed by atoms with van der Waals surface area (Å²) < 4.78 is 27.4. The lowest BCUT2D eigenvalue weighted by atomic mass is 10.2. The molecule has 0 atom stereocenters. The second kappa shape index (κ2) is 8.06. The average Bonchev–Trinajstić information content (AvgIpc) is 3.02.